The zero-order valence-corrected chi connectivity index (χ0v) is 17.2. The van der Waals surface area contributed by atoms with E-state index in [1.54, 1.807) is 65.4 Å². The third kappa shape index (κ3) is 4.80. The Balaban J connectivity index is 1.41. The van der Waals surface area contributed by atoms with Crippen LogP contribution in [-0.4, -0.2) is 62.9 Å². The molecule has 0 radical (unpaired) electrons. The van der Waals surface area contributed by atoms with E-state index in [0.29, 0.717) is 37.7 Å². The number of carbonyl (C=O) groups is 2. The fourth-order valence-corrected chi connectivity index (χ4v) is 3.44. The number of piperazine rings is 1. The number of phenols is 1. The Kier molecular flexibility index (Phi) is 5.79. The van der Waals surface area contributed by atoms with E-state index in [-0.39, 0.29) is 17.6 Å². The average Bonchev–Trinajstić information content (AvgIpc) is 2.80. The zero-order valence-electron chi connectivity index (χ0n) is 17.2. The van der Waals surface area contributed by atoms with Gasteiger partial charge in [-0.3, -0.25) is 9.59 Å². The van der Waals surface area contributed by atoms with Crippen molar-refractivity contribution in [3.8, 4) is 17.0 Å². The summed E-state index contributed by atoms with van der Waals surface area (Å²) in [6.45, 7) is 3.75. The van der Waals surface area contributed by atoms with Crippen molar-refractivity contribution < 1.29 is 14.7 Å². The molecule has 0 unspecified atom stereocenters. The van der Waals surface area contributed by atoms with Gasteiger partial charge in [0.1, 0.15) is 5.75 Å². The number of benzene rings is 2. The zero-order chi connectivity index (χ0) is 21.8. The Morgan fingerprint density at radius 2 is 1.55 bits per heavy atom. The van der Waals surface area contributed by atoms with Crippen LogP contribution < -0.4 is 5.32 Å². The Morgan fingerprint density at radius 1 is 0.903 bits per heavy atom. The quantitative estimate of drug-likeness (QED) is 0.677. The number of amides is 2. The molecule has 2 heterocycles. The number of nitrogens with zero attached hydrogens (tertiary/aromatic N) is 4. The standard InChI is InChI=1S/C23H23N5O3/c1-16(29)27-12-14-28(15-13-27)22(31)18-2-6-19(7-3-18)25-23-24-11-10-21(26-23)17-4-8-20(30)9-5-17/h2-11,30H,12-15H2,1H3,(H,24,25,26). The number of aromatic hydroxyl groups is 1. The summed E-state index contributed by atoms with van der Waals surface area (Å²) >= 11 is 0. The van der Waals surface area contributed by atoms with Crippen LogP contribution in [0.15, 0.2) is 60.8 Å². The maximum atomic E-state index is 12.7. The van der Waals surface area contributed by atoms with Gasteiger partial charge >= 0.3 is 0 Å². The van der Waals surface area contributed by atoms with Gasteiger partial charge in [-0.1, -0.05) is 0 Å². The summed E-state index contributed by atoms with van der Waals surface area (Å²) < 4.78 is 0. The molecule has 0 aliphatic carbocycles. The van der Waals surface area contributed by atoms with Crippen molar-refractivity contribution in [3.63, 3.8) is 0 Å². The smallest absolute Gasteiger partial charge is 0.253 e. The minimum Gasteiger partial charge on any atom is -0.508 e. The molecule has 2 aromatic carbocycles. The summed E-state index contributed by atoms with van der Waals surface area (Å²) in [6.07, 6.45) is 1.66. The van der Waals surface area contributed by atoms with Crippen LogP contribution in [0.3, 0.4) is 0 Å². The van der Waals surface area contributed by atoms with E-state index in [2.05, 4.69) is 15.3 Å². The van der Waals surface area contributed by atoms with Gasteiger partial charge in [-0.05, 0) is 54.6 Å². The average molecular weight is 417 g/mol. The van der Waals surface area contributed by atoms with E-state index in [1.807, 2.05) is 12.1 Å². The summed E-state index contributed by atoms with van der Waals surface area (Å²) in [7, 11) is 0. The molecule has 1 fully saturated rings. The lowest BCUT2D eigenvalue weighted by atomic mass is 10.1. The van der Waals surface area contributed by atoms with Crippen LogP contribution in [-0.2, 0) is 4.79 Å². The molecule has 1 aliphatic heterocycles. The van der Waals surface area contributed by atoms with E-state index in [0.717, 1.165) is 16.9 Å². The van der Waals surface area contributed by atoms with E-state index in [1.165, 1.54) is 0 Å². The molecule has 3 aromatic rings. The van der Waals surface area contributed by atoms with Crippen LogP contribution in [0.2, 0.25) is 0 Å². The van der Waals surface area contributed by atoms with Crippen molar-refractivity contribution in [2.45, 2.75) is 6.92 Å². The summed E-state index contributed by atoms with van der Waals surface area (Å²) in [6, 6.07) is 15.8. The van der Waals surface area contributed by atoms with Crippen molar-refractivity contribution in [1.82, 2.24) is 19.8 Å². The second kappa shape index (κ2) is 8.83. The van der Waals surface area contributed by atoms with Gasteiger partial charge in [0, 0.05) is 56.1 Å². The molecule has 0 atom stereocenters. The number of aromatic nitrogens is 2. The SMILES string of the molecule is CC(=O)N1CCN(C(=O)c2ccc(Nc3nccc(-c4ccc(O)cc4)n3)cc2)CC1. The second-order valence-electron chi connectivity index (χ2n) is 7.31. The van der Waals surface area contributed by atoms with Gasteiger partial charge < -0.3 is 20.2 Å². The molecular weight excluding hydrogens is 394 g/mol. The van der Waals surface area contributed by atoms with Gasteiger partial charge in [0.25, 0.3) is 5.91 Å². The van der Waals surface area contributed by atoms with Crippen LogP contribution in [0, 0.1) is 0 Å². The molecule has 1 saturated heterocycles. The van der Waals surface area contributed by atoms with E-state index in [9.17, 15) is 14.7 Å². The number of nitrogens with one attached hydrogen (secondary N) is 1. The Bertz CT molecular complexity index is 1080. The lowest BCUT2D eigenvalue weighted by Crippen LogP contribution is -2.50. The van der Waals surface area contributed by atoms with Gasteiger partial charge in [0.2, 0.25) is 11.9 Å². The van der Waals surface area contributed by atoms with Gasteiger partial charge in [-0.2, -0.15) is 0 Å². The van der Waals surface area contributed by atoms with Crippen molar-refractivity contribution in [1.29, 1.82) is 0 Å². The minimum atomic E-state index is -0.0414. The first-order valence-corrected chi connectivity index (χ1v) is 10.0. The lowest BCUT2D eigenvalue weighted by Gasteiger charge is -2.34. The van der Waals surface area contributed by atoms with Gasteiger partial charge in [0.15, 0.2) is 0 Å². The van der Waals surface area contributed by atoms with E-state index >= 15 is 0 Å². The van der Waals surface area contributed by atoms with Crippen molar-refractivity contribution in [2.24, 2.45) is 0 Å². The predicted octanol–water partition coefficient (Wildman–Crippen LogP) is 2.90. The molecule has 1 aliphatic rings. The number of anilines is 2. The monoisotopic (exact) mass is 417 g/mol. The Morgan fingerprint density at radius 3 is 2.19 bits per heavy atom. The summed E-state index contributed by atoms with van der Waals surface area (Å²) in [5.74, 6) is 0.635. The summed E-state index contributed by atoms with van der Waals surface area (Å²) in [4.78, 5) is 36.5. The normalized spacial score (nSPS) is 13.7. The molecule has 0 bridgehead atoms. The van der Waals surface area contributed by atoms with Crippen LogP contribution in [0.1, 0.15) is 17.3 Å². The van der Waals surface area contributed by atoms with Crippen LogP contribution in [0.5, 0.6) is 5.75 Å². The van der Waals surface area contributed by atoms with Gasteiger partial charge in [0.05, 0.1) is 5.69 Å². The maximum absolute atomic E-state index is 12.7. The number of phenolic OH excluding ortho intramolecular Hbond substituents is 1. The molecule has 2 amide bonds. The number of hydrogen-bond donors (Lipinski definition) is 2. The molecule has 0 spiro atoms. The Hall–Kier alpha value is -3.94. The van der Waals surface area contributed by atoms with E-state index < -0.39 is 0 Å². The molecular formula is C23H23N5O3. The molecule has 31 heavy (non-hydrogen) atoms. The first-order valence-electron chi connectivity index (χ1n) is 10.0. The molecule has 158 valence electrons. The number of hydrogen-bond acceptors (Lipinski definition) is 6. The van der Waals surface area contributed by atoms with Crippen LogP contribution in [0.25, 0.3) is 11.3 Å². The molecule has 8 nitrogen and oxygen atoms in total. The number of carbonyl (C=O) groups excluding carboxylic acids is 2. The third-order valence-electron chi connectivity index (χ3n) is 5.22. The first-order chi connectivity index (χ1) is 15.0. The van der Waals surface area contributed by atoms with Crippen LogP contribution >= 0.6 is 0 Å². The number of rotatable bonds is 4. The van der Waals surface area contributed by atoms with Crippen LogP contribution in [0.4, 0.5) is 11.6 Å². The molecule has 1 aromatic heterocycles. The van der Waals surface area contributed by atoms with Crippen molar-refractivity contribution >= 4 is 23.5 Å². The third-order valence-corrected chi connectivity index (χ3v) is 5.22. The maximum Gasteiger partial charge on any atom is 0.253 e. The fourth-order valence-electron chi connectivity index (χ4n) is 3.44. The highest BCUT2D eigenvalue weighted by molar-refractivity contribution is 5.94. The highest BCUT2D eigenvalue weighted by Gasteiger charge is 2.23. The lowest BCUT2D eigenvalue weighted by molar-refractivity contribution is -0.130. The van der Waals surface area contributed by atoms with Crippen molar-refractivity contribution in [3.05, 3.63) is 66.4 Å². The highest BCUT2D eigenvalue weighted by Crippen LogP contribution is 2.22. The second-order valence-corrected chi connectivity index (χ2v) is 7.31. The minimum absolute atomic E-state index is 0.0410. The predicted molar refractivity (Wildman–Crippen MR) is 117 cm³/mol. The molecule has 0 saturated carbocycles. The van der Waals surface area contributed by atoms with Crippen molar-refractivity contribution in [2.75, 3.05) is 31.5 Å². The fraction of sp³-hybridized carbons (Fsp3) is 0.217. The Labute approximate surface area is 180 Å². The summed E-state index contributed by atoms with van der Waals surface area (Å²) in [5.41, 5.74) is 2.96. The van der Waals surface area contributed by atoms with Gasteiger partial charge in [-0.25, -0.2) is 9.97 Å². The highest BCUT2D eigenvalue weighted by atomic mass is 16.3. The summed E-state index contributed by atoms with van der Waals surface area (Å²) in [5, 5.41) is 12.6. The van der Waals surface area contributed by atoms with E-state index in [4.69, 9.17) is 0 Å². The largest absolute Gasteiger partial charge is 0.508 e. The topological polar surface area (TPSA) is 98.7 Å². The van der Waals surface area contributed by atoms with Gasteiger partial charge in [-0.15, -0.1) is 0 Å². The first kappa shape index (κ1) is 20.3. The molecule has 2 N–H and O–H groups in total. The molecule has 8 heteroatoms. The molecule has 4 rings (SSSR count).